The summed E-state index contributed by atoms with van der Waals surface area (Å²) in [5, 5.41) is 0. The lowest BCUT2D eigenvalue weighted by atomic mass is 9.50. The first-order valence-corrected chi connectivity index (χ1v) is 9.17. The minimum absolute atomic E-state index is 0.0110. The summed E-state index contributed by atoms with van der Waals surface area (Å²) < 4.78 is 6.95. The second kappa shape index (κ2) is 4.60. The molecule has 0 unspecified atom stereocenters. The van der Waals surface area contributed by atoms with Gasteiger partial charge in [-0.15, -0.1) is 0 Å². The molecule has 4 fully saturated rings. The second-order valence-electron chi connectivity index (χ2n) is 7.90. The van der Waals surface area contributed by atoms with Crippen LogP contribution in [0.5, 0.6) is 0 Å². The van der Waals surface area contributed by atoms with Crippen LogP contribution in [0.15, 0.2) is 0 Å². The maximum Gasteiger partial charge on any atom is 0.312 e. The van der Waals surface area contributed by atoms with E-state index >= 15 is 0 Å². The predicted octanol–water partition coefficient (Wildman–Crippen LogP) is 4.21. The van der Waals surface area contributed by atoms with Gasteiger partial charge >= 0.3 is 5.97 Å². The van der Waals surface area contributed by atoms with Gasteiger partial charge in [0.1, 0.15) is 5.60 Å². The maximum atomic E-state index is 12.5. The molecule has 0 N–H and O–H groups in total. The predicted molar refractivity (Wildman–Crippen MR) is 84.2 cm³/mol. The van der Waals surface area contributed by atoms with E-state index in [-0.39, 0.29) is 17.0 Å². The molecule has 0 heterocycles. The van der Waals surface area contributed by atoms with E-state index in [1.54, 1.807) is 0 Å². The van der Waals surface area contributed by atoms with Gasteiger partial charge in [-0.25, -0.2) is 0 Å². The Morgan fingerprint density at radius 1 is 1.16 bits per heavy atom. The number of hydrogen-bond donors (Lipinski definition) is 0. The van der Waals surface area contributed by atoms with Crippen LogP contribution in [0.1, 0.15) is 52.9 Å². The molecule has 19 heavy (non-hydrogen) atoms. The second-order valence-corrected chi connectivity index (χ2v) is 8.66. The molecule has 0 spiro atoms. The van der Waals surface area contributed by atoms with E-state index in [9.17, 15) is 4.79 Å². The van der Waals surface area contributed by atoms with Crippen LogP contribution in [0.3, 0.4) is 0 Å². The molecule has 0 aromatic carbocycles. The molecule has 0 aliphatic heterocycles. The van der Waals surface area contributed by atoms with E-state index in [0.717, 1.165) is 16.3 Å². The zero-order valence-electron chi connectivity index (χ0n) is 12.2. The molecule has 4 aliphatic rings. The first kappa shape index (κ1) is 14.2. The lowest BCUT2D eigenvalue weighted by Crippen LogP contribution is -2.58. The molecule has 0 atom stereocenters. The van der Waals surface area contributed by atoms with E-state index in [4.69, 9.17) is 4.74 Å². The smallest absolute Gasteiger partial charge is 0.312 e. The van der Waals surface area contributed by atoms with Crippen LogP contribution in [0, 0.1) is 29.1 Å². The van der Waals surface area contributed by atoms with Crippen molar-refractivity contribution in [3.63, 3.8) is 0 Å². The molecule has 3 heteroatoms. The molecular formula is C16H25IO2. The summed E-state index contributed by atoms with van der Waals surface area (Å²) in [6, 6.07) is 0. The third-order valence-corrected chi connectivity index (χ3v) is 7.87. The summed E-state index contributed by atoms with van der Waals surface area (Å²) in [5.74, 6) is 3.10. The van der Waals surface area contributed by atoms with Crippen LogP contribution in [-0.4, -0.2) is 16.0 Å². The molecule has 4 rings (SSSR count). The molecule has 0 aromatic rings. The van der Waals surface area contributed by atoms with Gasteiger partial charge in [-0.3, -0.25) is 4.79 Å². The fourth-order valence-corrected chi connectivity index (χ4v) is 4.99. The normalized spacial score (nSPS) is 44.4. The van der Waals surface area contributed by atoms with E-state index in [1.165, 1.54) is 32.1 Å². The highest BCUT2D eigenvalue weighted by Gasteiger charge is 2.57. The summed E-state index contributed by atoms with van der Waals surface area (Å²) in [6.07, 6.45) is 6.61. The van der Waals surface area contributed by atoms with Crippen molar-refractivity contribution >= 4 is 28.6 Å². The molecule has 2 nitrogen and oxygen atoms in total. The van der Waals surface area contributed by atoms with E-state index in [2.05, 4.69) is 29.5 Å². The highest BCUT2D eigenvalue weighted by Crippen LogP contribution is 2.59. The van der Waals surface area contributed by atoms with Crippen LogP contribution < -0.4 is 0 Å². The molecule has 0 amide bonds. The summed E-state index contributed by atoms with van der Waals surface area (Å²) >= 11 is 2.29. The molecule has 0 radical (unpaired) electrons. The van der Waals surface area contributed by atoms with Gasteiger partial charge in [-0.1, -0.05) is 22.6 Å². The van der Waals surface area contributed by atoms with Crippen molar-refractivity contribution in [2.24, 2.45) is 29.1 Å². The molecular weight excluding hydrogens is 351 g/mol. The Morgan fingerprint density at radius 3 is 2.05 bits per heavy atom. The SMILES string of the molecule is CC(C)(CI)C(=O)OC1(C)C2CC3CC(C2)CC1C3. The quantitative estimate of drug-likeness (QED) is 0.419. The Bertz CT molecular complexity index is 360. The van der Waals surface area contributed by atoms with E-state index in [1.807, 2.05) is 13.8 Å². The lowest BCUT2D eigenvalue weighted by Gasteiger charge is -2.59. The fourth-order valence-electron chi connectivity index (χ4n) is 4.68. The topological polar surface area (TPSA) is 26.3 Å². The van der Waals surface area contributed by atoms with Crippen molar-refractivity contribution in [3.8, 4) is 0 Å². The Kier molecular flexibility index (Phi) is 3.43. The minimum Gasteiger partial charge on any atom is -0.458 e. The average molecular weight is 376 g/mol. The van der Waals surface area contributed by atoms with Gasteiger partial charge in [-0.2, -0.15) is 0 Å². The maximum absolute atomic E-state index is 12.5. The highest BCUT2D eigenvalue weighted by atomic mass is 127. The van der Waals surface area contributed by atoms with Crippen molar-refractivity contribution in [2.75, 3.05) is 4.43 Å². The Hall–Kier alpha value is 0.200. The minimum atomic E-state index is -0.349. The molecule has 0 aromatic heterocycles. The number of carbonyl (C=O) groups is 1. The molecule has 0 saturated heterocycles. The molecule has 108 valence electrons. The Labute approximate surface area is 130 Å². The zero-order valence-corrected chi connectivity index (χ0v) is 14.4. The van der Waals surface area contributed by atoms with Crippen LogP contribution in [0.2, 0.25) is 0 Å². The largest absolute Gasteiger partial charge is 0.458 e. The van der Waals surface area contributed by atoms with Crippen molar-refractivity contribution in [1.82, 2.24) is 0 Å². The Morgan fingerprint density at radius 2 is 1.63 bits per heavy atom. The number of carbonyl (C=O) groups excluding carboxylic acids is 1. The van der Waals surface area contributed by atoms with Crippen LogP contribution >= 0.6 is 22.6 Å². The molecule has 4 bridgehead atoms. The van der Waals surface area contributed by atoms with Gasteiger partial charge < -0.3 is 4.74 Å². The third-order valence-electron chi connectivity index (χ3n) is 5.96. The lowest BCUT2D eigenvalue weighted by molar-refractivity contribution is -0.210. The third kappa shape index (κ3) is 2.24. The van der Waals surface area contributed by atoms with Crippen molar-refractivity contribution in [1.29, 1.82) is 0 Å². The molecule has 4 aliphatic carbocycles. The van der Waals surface area contributed by atoms with Crippen LogP contribution in [0.4, 0.5) is 0 Å². The van der Waals surface area contributed by atoms with Gasteiger partial charge in [0.05, 0.1) is 5.41 Å². The summed E-state index contributed by atoms with van der Waals surface area (Å²) in [6.45, 7) is 6.23. The summed E-state index contributed by atoms with van der Waals surface area (Å²) in [5.41, 5.74) is -0.522. The van der Waals surface area contributed by atoms with Gasteiger partial charge in [-0.05, 0) is 76.5 Å². The first-order valence-electron chi connectivity index (χ1n) is 7.64. The van der Waals surface area contributed by atoms with E-state index < -0.39 is 0 Å². The molecule has 4 saturated carbocycles. The standard InChI is InChI=1S/C16H25IO2/c1-15(2,9-17)14(18)19-16(3)12-5-10-4-11(7-12)8-13(16)6-10/h10-13H,4-9H2,1-3H3. The number of rotatable bonds is 3. The summed E-state index contributed by atoms with van der Waals surface area (Å²) in [4.78, 5) is 12.5. The van der Waals surface area contributed by atoms with E-state index in [0.29, 0.717) is 11.8 Å². The number of halogens is 1. The highest BCUT2D eigenvalue weighted by molar-refractivity contribution is 14.1. The average Bonchev–Trinajstić information content (AvgIpc) is 2.35. The monoisotopic (exact) mass is 376 g/mol. The Balaban J connectivity index is 1.78. The van der Waals surface area contributed by atoms with Crippen molar-refractivity contribution in [2.45, 2.75) is 58.5 Å². The van der Waals surface area contributed by atoms with Crippen molar-refractivity contribution < 1.29 is 9.53 Å². The first-order chi connectivity index (χ1) is 8.85. The van der Waals surface area contributed by atoms with Crippen LogP contribution in [-0.2, 0) is 9.53 Å². The number of ether oxygens (including phenoxy) is 1. The van der Waals surface area contributed by atoms with Crippen molar-refractivity contribution in [3.05, 3.63) is 0 Å². The number of hydrogen-bond acceptors (Lipinski definition) is 2. The van der Waals surface area contributed by atoms with Gasteiger partial charge in [0, 0.05) is 4.43 Å². The van der Waals surface area contributed by atoms with Crippen LogP contribution in [0.25, 0.3) is 0 Å². The van der Waals surface area contributed by atoms with Gasteiger partial charge in [0.15, 0.2) is 0 Å². The zero-order chi connectivity index (χ0) is 13.8. The van der Waals surface area contributed by atoms with Gasteiger partial charge in [0.25, 0.3) is 0 Å². The summed E-state index contributed by atoms with van der Waals surface area (Å²) in [7, 11) is 0. The number of alkyl halides is 1. The van der Waals surface area contributed by atoms with Gasteiger partial charge in [0.2, 0.25) is 0 Å². The number of esters is 1. The fraction of sp³-hybridized carbons (Fsp3) is 0.938.